The number of halogens is 1. The molecule has 2 rings (SSSR count). The molecular weight excluding hydrogens is 469 g/mol. The molecule has 1 heterocycles. The highest BCUT2D eigenvalue weighted by atomic mass is 127. The Morgan fingerprint density at radius 2 is 1.82 bits per heavy atom. The van der Waals surface area contributed by atoms with E-state index in [1.807, 2.05) is 0 Å². The van der Waals surface area contributed by atoms with Crippen LogP contribution < -0.4 is 10.6 Å². The van der Waals surface area contributed by atoms with Crippen LogP contribution in [0.15, 0.2) is 4.99 Å². The predicted octanol–water partition coefficient (Wildman–Crippen LogP) is 2.06. The smallest absolute Gasteiger partial charge is 0.243 e. The molecule has 1 saturated carbocycles. The Morgan fingerprint density at radius 3 is 2.43 bits per heavy atom. The van der Waals surface area contributed by atoms with Crippen LogP contribution in [0.4, 0.5) is 0 Å². The molecule has 1 amide bonds. The molecule has 0 aromatic rings. The van der Waals surface area contributed by atoms with Crippen molar-refractivity contribution in [3.05, 3.63) is 0 Å². The number of nitrogens with zero attached hydrogens (tertiary/aromatic N) is 3. The molecular formula is C20H40IN5O2. The maximum absolute atomic E-state index is 11.9. The Labute approximate surface area is 188 Å². The number of ether oxygens (including phenoxy) is 1. The van der Waals surface area contributed by atoms with Crippen molar-refractivity contribution in [2.75, 3.05) is 60.0 Å². The molecule has 8 heteroatoms. The second-order valence-corrected chi connectivity index (χ2v) is 7.97. The lowest BCUT2D eigenvalue weighted by Gasteiger charge is -2.48. The second kappa shape index (κ2) is 13.6. The van der Waals surface area contributed by atoms with Gasteiger partial charge in [0.25, 0.3) is 0 Å². The first kappa shape index (κ1) is 25.4. The van der Waals surface area contributed by atoms with Crippen molar-refractivity contribution in [2.24, 2.45) is 4.99 Å². The summed E-state index contributed by atoms with van der Waals surface area (Å²) in [6.07, 6.45) is 8.57. The quantitative estimate of drug-likeness (QED) is 0.227. The summed E-state index contributed by atoms with van der Waals surface area (Å²) < 4.78 is 5.57. The Bertz CT molecular complexity index is 475. The van der Waals surface area contributed by atoms with Gasteiger partial charge in [-0.25, -0.2) is 4.99 Å². The van der Waals surface area contributed by atoms with Crippen molar-refractivity contribution in [1.29, 1.82) is 0 Å². The Hall–Kier alpha value is -0.610. The molecule has 0 atom stereocenters. The lowest BCUT2D eigenvalue weighted by Crippen LogP contribution is -2.60. The van der Waals surface area contributed by atoms with Crippen LogP contribution in [-0.4, -0.2) is 87.2 Å². The molecule has 1 aliphatic heterocycles. The predicted molar refractivity (Wildman–Crippen MR) is 126 cm³/mol. The Morgan fingerprint density at radius 1 is 1.14 bits per heavy atom. The largest absolute Gasteiger partial charge is 0.379 e. The van der Waals surface area contributed by atoms with Crippen LogP contribution in [-0.2, 0) is 9.53 Å². The number of guanidine groups is 1. The number of rotatable bonds is 8. The summed E-state index contributed by atoms with van der Waals surface area (Å²) in [5.74, 6) is 0.781. The zero-order chi connectivity index (χ0) is 19.5. The normalized spacial score (nSPS) is 20.2. The van der Waals surface area contributed by atoms with Crippen molar-refractivity contribution in [2.45, 2.75) is 57.4 Å². The molecule has 0 radical (unpaired) electrons. The van der Waals surface area contributed by atoms with E-state index < -0.39 is 0 Å². The second-order valence-electron chi connectivity index (χ2n) is 7.97. The van der Waals surface area contributed by atoms with Crippen molar-refractivity contribution in [3.63, 3.8) is 0 Å². The summed E-state index contributed by atoms with van der Waals surface area (Å²) in [5.41, 5.74) is 0.181. The molecule has 0 unspecified atom stereocenters. The molecule has 2 N–H and O–H groups in total. The maximum Gasteiger partial charge on any atom is 0.243 e. The average molecular weight is 509 g/mol. The van der Waals surface area contributed by atoms with Gasteiger partial charge in [0.1, 0.15) is 6.54 Å². The summed E-state index contributed by atoms with van der Waals surface area (Å²) in [7, 11) is 3.54. The number of unbranched alkanes of at least 4 members (excludes halogenated alkanes) is 1. The molecule has 1 aliphatic carbocycles. The van der Waals surface area contributed by atoms with E-state index >= 15 is 0 Å². The molecule has 2 aliphatic rings. The lowest BCUT2D eigenvalue weighted by molar-refractivity contribution is -0.127. The summed E-state index contributed by atoms with van der Waals surface area (Å²) in [5, 5.41) is 6.97. The van der Waals surface area contributed by atoms with E-state index in [-0.39, 0.29) is 42.0 Å². The van der Waals surface area contributed by atoms with Crippen molar-refractivity contribution >= 4 is 35.8 Å². The van der Waals surface area contributed by atoms with E-state index in [0.29, 0.717) is 0 Å². The van der Waals surface area contributed by atoms with Crippen molar-refractivity contribution < 1.29 is 9.53 Å². The number of morpholine rings is 1. The number of amides is 1. The number of carbonyl (C=O) groups excluding carboxylic acids is 1. The number of aliphatic imine (C=N–C) groups is 1. The van der Waals surface area contributed by atoms with Crippen LogP contribution in [0.3, 0.4) is 0 Å². The standard InChI is InChI=1S/C20H39N5O2.HI/c1-4-5-11-21-19(22-16-18(26)24(2)3)23-17-20(9-7-6-8-10-20)25-12-14-27-15-13-25;/h4-17H2,1-3H3,(H2,21,22,23);1H. The third-order valence-corrected chi connectivity index (χ3v) is 5.75. The minimum absolute atomic E-state index is 0. The van der Waals surface area contributed by atoms with Gasteiger partial charge < -0.3 is 20.3 Å². The molecule has 164 valence electrons. The summed E-state index contributed by atoms with van der Waals surface area (Å²) in [4.78, 5) is 20.7. The van der Waals surface area contributed by atoms with Crippen LogP contribution in [0.25, 0.3) is 0 Å². The molecule has 7 nitrogen and oxygen atoms in total. The zero-order valence-corrected chi connectivity index (χ0v) is 20.3. The summed E-state index contributed by atoms with van der Waals surface area (Å²) in [6, 6.07) is 0. The first-order valence-electron chi connectivity index (χ1n) is 10.6. The number of hydrogen-bond acceptors (Lipinski definition) is 4. The van der Waals surface area contributed by atoms with E-state index in [0.717, 1.165) is 58.2 Å². The topological polar surface area (TPSA) is 69.2 Å². The third kappa shape index (κ3) is 8.02. The van der Waals surface area contributed by atoms with Crippen LogP contribution in [0.2, 0.25) is 0 Å². The van der Waals surface area contributed by atoms with E-state index in [2.05, 4.69) is 27.4 Å². The van der Waals surface area contributed by atoms with Crippen LogP contribution in [0, 0.1) is 0 Å². The monoisotopic (exact) mass is 509 g/mol. The Kier molecular flexibility index (Phi) is 12.3. The van der Waals surface area contributed by atoms with Gasteiger partial charge in [0, 0.05) is 45.8 Å². The van der Waals surface area contributed by atoms with E-state index in [1.54, 1.807) is 19.0 Å². The first-order chi connectivity index (χ1) is 13.1. The molecule has 0 aromatic heterocycles. The van der Waals surface area contributed by atoms with Crippen molar-refractivity contribution in [3.8, 4) is 0 Å². The zero-order valence-electron chi connectivity index (χ0n) is 18.0. The van der Waals surface area contributed by atoms with Gasteiger partial charge in [0.2, 0.25) is 5.91 Å². The lowest BCUT2D eigenvalue weighted by atomic mass is 9.80. The fourth-order valence-electron chi connectivity index (χ4n) is 3.95. The van der Waals surface area contributed by atoms with Gasteiger partial charge in [-0.1, -0.05) is 32.6 Å². The average Bonchev–Trinajstić information content (AvgIpc) is 2.70. The van der Waals surface area contributed by atoms with Gasteiger partial charge in [0.15, 0.2) is 5.96 Å². The number of nitrogens with one attached hydrogen (secondary N) is 2. The number of hydrogen-bond donors (Lipinski definition) is 2. The van der Waals surface area contributed by atoms with Gasteiger partial charge >= 0.3 is 0 Å². The van der Waals surface area contributed by atoms with E-state index in [9.17, 15) is 4.79 Å². The van der Waals surface area contributed by atoms with Gasteiger partial charge in [-0.2, -0.15) is 0 Å². The number of likely N-dealkylation sites (N-methyl/N-ethyl adjacent to an activating group) is 1. The maximum atomic E-state index is 11.9. The minimum atomic E-state index is 0. The minimum Gasteiger partial charge on any atom is -0.379 e. The molecule has 0 aromatic carbocycles. The van der Waals surface area contributed by atoms with Gasteiger partial charge in [0.05, 0.1) is 13.2 Å². The molecule has 0 bridgehead atoms. The van der Waals surface area contributed by atoms with Crippen LogP contribution >= 0.6 is 24.0 Å². The first-order valence-corrected chi connectivity index (χ1v) is 10.6. The van der Waals surface area contributed by atoms with E-state index in [4.69, 9.17) is 4.74 Å². The van der Waals surface area contributed by atoms with Gasteiger partial charge in [-0.15, -0.1) is 24.0 Å². The fraction of sp³-hybridized carbons (Fsp3) is 0.900. The fourth-order valence-corrected chi connectivity index (χ4v) is 3.95. The highest BCUT2D eigenvalue weighted by molar-refractivity contribution is 14.0. The van der Waals surface area contributed by atoms with Crippen molar-refractivity contribution in [1.82, 2.24) is 20.4 Å². The third-order valence-electron chi connectivity index (χ3n) is 5.75. The molecule has 0 spiro atoms. The summed E-state index contributed by atoms with van der Waals surface area (Å²) in [6.45, 7) is 7.79. The van der Waals surface area contributed by atoms with Crippen LogP contribution in [0.1, 0.15) is 51.9 Å². The van der Waals surface area contributed by atoms with Gasteiger partial charge in [-0.3, -0.25) is 9.69 Å². The molecule has 28 heavy (non-hydrogen) atoms. The Balaban J connectivity index is 0.00000392. The molecule has 1 saturated heterocycles. The number of carbonyl (C=O) groups is 1. The van der Waals surface area contributed by atoms with Gasteiger partial charge in [-0.05, 0) is 19.3 Å². The van der Waals surface area contributed by atoms with Crippen LogP contribution in [0.5, 0.6) is 0 Å². The highest BCUT2D eigenvalue weighted by Gasteiger charge is 2.38. The highest BCUT2D eigenvalue weighted by Crippen LogP contribution is 2.33. The summed E-state index contributed by atoms with van der Waals surface area (Å²) >= 11 is 0. The molecule has 2 fully saturated rings. The van der Waals surface area contributed by atoms with E-state index in [1.165, 1.54) is 32.1 Å². The SMILES string of the molecule is CCCCNC(=NCC(=O)N(C)C)NCC1(N2CCOCC2)CCCCC1.I.